The standard InChI is InChI=1S/C17H12BrN3O4/c1-10-14(8-11-2-7-16(22)15(9-11)21(24)25)17(23)20(19-10)13-5-3-12(18)4-6-13/h2-9,22H,1H3/b14-8-. The van der Waals surface area contributed by atoms with E-state index in [2.05, 4.69) is 21.0 Å². The highest BCUT2D eigenvalue weighted by molar-refractivity contribution is 9.10. The molecule has 0 aromatic heterocycles. The van der Waals surface area contributed by atoms with Crippen LogP contribution in [0.15, 0.2) is 57.6 Å². The first kappa shape index (κ1) is 16.8. The van der Waals surface area contributed by atoms with Gasteiger partial charge in [-0.1, -0.05) is 22.0 Å². The number of hydrogen-bond donors (Lipinski definition) is 1. The van der Waals surface area contributed by atoms with E-state index in [-0.39, 0.29) is 5.91 Å². The summed E-state index contributed by atoms with van der Waals surface area (Å²) in [5, 5.41) is 26.0. The van der Waals surface area contributed by atoms with Crippen molar-refractivity contribution in [2.45, 2.75) is 6.92 Å². The minimum absolute atomic E-state index is 0.324. The fourth-order valence-corrected chi connectivity index (χ4v) is 2.65. The van der Waals surface area contributed by atoms with Crippen LogP contribution in [0, 0.1) is 10.1 Å². The maximum atomic E-state index is 12.6. The number of nitro groups is 1. The van der Waals surface area contributed by atoms with Crippen LogP contribution in [0.1, 0.15) is 12.5 Å². The molecule has 0 bridgehead atoms. The Balaban J connectivity index is 1.96. The molecule has 0 saturated carbocycles. The Bertz CT molecular complexity index is 935. The summed E-state index contributed by atoms with van der Waals surface area (Å²) in [6.45, 7) is 1.69. The van der Waals surface area contributed by atoms with E-state index in [0.29, 0.717) is 22.5 Å². The first-order valence-electron chi connectivity index (χ1n) is 7.21. The minimum Gasteiger partial charge on any atom is -0.502 e. The van der Waals surface area contributed by atoms with Crippen LogP contribution in [0.2, 0.25) is 0 Å². The Morgan fingerprint density at radius 1 is 1.24 bits per heavy atom. The lowest BCUT2D eigenvalue weighted by molar-refractivity contribution is -0.385. The number of aromatic hydroxyl groups is 1. The molecule has 7 nitrogen and oxygen atoms in total. The Hall–Kier alpha value is -3.00. The highest BCUT2D eigenvalue weighted by Gasteiger charge is 2.28. The summed E-state index contributed by atoms with van der Waals surface area (Å²) >= 11 is 3.34. The second-order valence-corrected chi connectivity index (χ2v) is 6.26. The number of halogens is 1. The molecule has 1 amide bonds. The number of benzene rings is 2. The van der Waals surface area contributed by atoms with Crippen LogP contribution in [-0.2, 0) is 4.79 Å². The van der Waals surface area contributed by atoms with Crippen molar-refractivity contribution in [1.29, 1.82) is 0 Å². The predicted molar refractivity (Wildman–Crippen MR) is 97.5 cm³/mol. The van der Waals surface area contributed by atoms with Crippen LogP contribution in [0.3, 0.4) is 0 Å². The maximum Gasteiger partial charge on any atom is 0.311 e. The SMILES string of the molecule is CC1=NN(c2ccc(Br)cc2)C(=O)/C1=C\c1ccc(O)c([N+](=O)[O-])c1. The van der Waals surface area contributed by atoms with E-state index < -0.39 is 16.4 Å². The fourth-order valence-electron chi connectivity index (χ4n) is 2.38. The van der Waals surface area contributed by atoms with Gasteiger partial charge in [0.25, 0.3) is 5.91 Å². The van der Waals surface area contributed by atoms with Crippen molar-refractivity contribution in [3.05, 3.63) is 68.2 Å². The number of carbonyl (C=O) groups excluding carboxylic acids is 1. The fraction of sp³-hybridized carbons (Fsp3) is 0.0588. The zero-order valence-electron chi connectivity index (χ0n) is 13.0. The van der Waals surface area contributed by atoms with Gasteiger partial charge in [0.05, 0.1) is 21.9 Å². The molecule has 25 heavy (non-hydrogen) atoms. The zero-order valence-corrected chi connectivity index (χ0v) is 14.6. The maximum absolute atomic E-state index is 12.6. The summed E-state index contributed by atoms with van der Waals surface area (Å²) in [6, 6.07) is 11.1. The van der Waals surface area contributed by atoms with Crippen molar-refractivity contribution in [1.82, 2.24) is 0 Å². The first-order chi connectivity index (χ1) is 11.9. The lowest BCUT2D eigenvalue weighted by Gasteiger charge is -2.11. The number of nitrogens with zero attached hydrogens (tertiary/aromatic N) is 3. The van der Waals surface area contributed by atoms with E-state index in [9.17, 15) is 20.0 Å². The molecule has 1 aliphatic rings. The number of rotatable bonds is 3. The van der Waals surface area contributed by atoms with Gasteiger partial charge >= 0.3 is 5.69 Å². The van der Waals surface area contributed by atoms with E-state index in [1.165, 1.54) is 29.3 Å². The number of phenolic OH excluding ortho intramolecular Hbond substituents is 1. The first-order valence-corrected chi connectivity index (χ1v) is 8.01. The molecule has 2 aromatic carbocycles. The van der Waals surface area contributed by atoms with E-state index >= 15 is 0 Å². The Kier molecular flexibility index (Phi) is 4.37. The molecule has 0 fully saturated rings. The van der Waals surface area contributed by atoms with Gasteiger partial charge < -0.3 is 5.11 Å². The molecule has 1 heterocycles. The highest BCUT2D eigenvalue weighted by atomic mass is 79.9. The number of carbonyl (C=O) groups is 1. The average Bonchev–Trinajstić information content (AvgIpc) is 2.85. The van der Waals surface area contributed by atoms with Gasteiger partial charge in [-0.3, -0.25) is 14.9 Å². The van der Waals surface area contributed by atoms with Crippen LogP contribution in [-0.4, -0.2) is 21.6 Å². The van der Waals surface area contributed by atoms with Gasteiger partial charge in [0, 0.05) is 10.5 Å². The molecule has 0 radical (unpaired) electrons. The van der Waals surface area contributed by atoms with Crippen LogP contribution < -0.4 is 5.01 Å². The van der Waals surface area contributed by atoms with Crippen LogP contribution >= 0.6 is 15.9 Å². The Morgan fingerprint density at radius 2 is 1.92 bits per heavy atom. The molecule has 1 N–H and O–H groups in total. The van der Waals surface area contributed by atoms with Crippen molar-refractivity contribution in [2.75, 3.05) is 5.01 Å². The quantitative estimate of drug-likeness (QED) is 0.479. The molecule has 3 rings (SSSR count). The van der Waals surface area contributed by atoms with Gasteiger partial charge in [0.15, 0.2) is 5.75 Å². The van der Waals surface area contributed by atoms with Gasteiger partial charge in [0.2, 0.25) is 0 Å². The van der Waals surface area contributed by atoms with Gasteiger partial charge in [-0.25, -0.2) is 0 Å². The molecule has 126 valence electrons. The Morgan fingerprint density at radius 3 is 2.56 bits per heavy atom. The van der Waals surface area contributed by atoms with Crippen molar-refractivity contribution in [3.63, 3.8) is 0 Å². The summed E-state index contributed by atoms with van der Waals surface area (Å²) < 4.78 is 0.885. The van der Waals surface area contributed by atoms with Crippen molar-refractivity contribution in [2.24, 2.45) is 5.10 Å². The highest BCUT2D eigenvalue weighted by Crippen LogP contribution is 2.29. The molecule has 1 aliphatic heterocycles. The number of anilines is 1. The number of amides is 1. The molecule has 0 atom stereocenters. The van der Waals surface area contributed by atoms with Crippen LogP contribution in [0.25, 0.3) is 6.08 Å². The van der Waals surface area contributed by atoms with Gasteiger partial charge in [-0.2, -0.15) is 10.1 Å². The number of hydrazone groups is 1. The average molecular weight is 402 g/mol. The summed E-state index contributed by atoms with van der Waals surface area (Å²) in [5.74, 6) is -0.748. The normalized spacial score (nSPS) is 15.6. The van der Waals surface area contributed by atoms with Gasteiger partial charge in [0.1, 0.15) is 0 Å². The van der Waals surface area contributed by atoms with E-state index in [1.807, 2.05) is 0 Å². The molecule has 8 heteroatoms. The van der Waals surface area contributed by atoms with Gasteiger partial charge in [-0.05, 0) is 48.9 Å². The molecular weight excluding hydrogens is 390 g/mol. The number of hydrogen-bond acceptors (Lipinski definition) is 5. The van der Waals surface area contributed by atoms with Crippen molar-refractivity contribution < 1.29 is 14.8 Å². The summed E-state index contributed by atoms with van der Waals surface area (Å²) in [5.41, 5.74) is 1.47. The van der Waals surface area contributed by atoms with Gasteiger partial charge in [-0.15, -0.1) is 0 Å². The Labute approximate surface area is 151 Å². The van der Waals surface area contributed by atoms with E-state index in [1.54, 1.807) is 31.2 Å². The smallest absolute Gasteiger partial charge is 0.311 e. The van der Waals surface area contributed by atoms with Crippen molar-refractivity contribution >= 4 is 45.0 Å². The predicted octanol–water partition coefficient (Wildman–Crippen LogP) is 3.87. The third-order valence-electron chi connectivity index (χ3n) is 3.64. The topological polar surface area (TPSA) is 96.0 Å². The third kappa shape index (κ3) is 3.29. The lowest BCUT2D eigenvalue weighted by Crippen LogP contribution is -2.21. The number of phenols is 1. The minimum atomic E-state index is -0.678. The van der Waals surface area contributed by atoms with E-state index in [4.69, 9.17) is 0 Å². The second-order valence-electron chi connectivity index (χ2n) is 5.34. The number of nitro benzene ring substituents is 1. The zero-order chi connectivity index (χ0) is 18.1. The molecule has 0 unspecified atom stereocenters. The van der Waals surface area contributed by atoms with Crippen LogP contribution in [0.4, 0.5) is 11.4 Å². The van der Waals surface area contributed by atoms with E-state index in [0.717, 1.165) is 4.47 Å². The second kappa shape index (κ2) is 6.48. The summed E-state index contributed by atoms with van der Waals surface area (Å²) in [4.78, 5) is 22.9. The monoisotopic (exact) mass is 401 g/mol. The van der Waals surface area contributed by atoms with Crippen LogP contribution in [0.5, 0.6) is 5.75 Å². The summed E-state index contributed by atoms with van der Waals surface area (Å²) in [7, 11) is 0. The summed E-state index contributed by atoms with van der Waals surface area (Å²) in [6.07, 6.45) is 1.52. The third-order valence-corrected chi connectivity index (χ3v) is 4.17. The molecule has 0 aliphatic carbocycles. The molecule has 2 aromatic rings. The molecule has 0 saturated heterocycles. The molecular formula is C17H12BrN3O4. The molecule has 0 spiro atoms. The van der Waals surface area contributed by atoms with Crippen molar-refractivity contribution in [3.8, 4) is 5.75 Å². The largest absolute Gasteiger partial charge is 0.502 e. The lowest BCUT2D eigenvalue weighted by atomic mass is 10.1.